The third kappa shape index (κ3) is 2.22. The molecule has 0 aliphatic carbocycles. The van der Waals surface area contributed by atoms with Crippen LogP contribution in [0.2, 0.25) is 0 Å². The van der Waals surface area contributed by atoms with Gasteiger partial charge in [0.15, 0.2) is 0 Å². The molecule has 4 heteroatoms. The molecule has 6 rings (SSSR count). The van der Waals surface area contributed by atoms with Crippen LogP contribution in [0.25, 0.3) is 32.3 Å². The lowest BCUT2D eigenvalue weighted by Crippen LogP contribution is -2.07. The summed E-state index contributed by atoms with van der Waals surface area (Å²) in [6.07, 6.45) is 0. The number of benzene rings is 4. The number of hydrogen-bond acceptors (Lipinski definition) is 3. The molecule has 6 aromatic rings. The van der Waals surface area contributed by atoms with E-state index < -0.39 is 0 Å². The van der Waals surface area contributed by atoms with Crippen molar-refractivity contribution < 1.29 is 4.39 Å². The molecular weight excluding hydrogens is 385 g/mol. The zero-order valence-electron chi connectivity index (χ0n) is 14.7. The lowest BCUT2D eigenvalue weighted by Gasteiger charge is -2.24. The van der Waals surface area contributed by atoms with Crippen molar-refractivity contribution in [1.82, 2.24) is 0 Å². The minimum Gasteiger partial charge on any atom is -0.292 e. The van der Waals surface area contributed by atoms with Gasteiger partial charge < -0.3 is 0 Å². The Morgan fingerprint density at radius 1 is 0.607 bits per heavy atom. The molecule has 0 fully saturated rings. The minimum atomic E-state index is -0.166. The average Bonchev–Trinajstić information content (AvgIpc) is 3.43. The SMILES string of the molecule is Fc1ccc2ccc3c(N(c4cccs4)c4cccs4)ccc4ccc1c2c43. The van der Waals surface area contributed by atoms with E-state index in [1.807, 2.05) is 18.2 Å². The van der Waals surface area contributed by atoms with E-state index in [-0.39, 0.29) is 5.82 Å². The summed E-state index contributed by atoms with van der Waals surface area (Å²) in [5.74, 6) is -0.166. The Morgan fingerprint density at radius 2 is 1.18 bits per heavy atom. The van der Waals surface area contributed by atoms with E-state index in [0.717, 1.165) is 32.6 Å². The Bertz CT molecular complexity index is 1380. The van der Waals surface area contributed by atoms with Crippen LogP contribution >= 0.6 is 22.7 Å². The first-order chi connectivity index (χ1) is 13.8. The van der Waals surface area contributed by atoms with Gasteiger partial charge >= 0.3 is 0 Å². The van der Waals surface area contributed by atoms with E-state index >= 15 is 0 Å². The molecule has 0 aliphatic heterocycles. The molecule has 0 atom stereocenters. The molecule has 0 saturated carbocycles. The van der Waals surface area contributed by atoms with Gasteiger partial charge in [0, 0.05) is 16.2 Å². The maximum Gasteiger partial charge on any atom is 0.131 e. The number of anilines is 3. The van der Waals surface area contributed by atoms with Gasteiger partial charge in [-0.15, -0.1) is 22.7 Å². The van der Waals surface area contributed by atoms with Crippen LogP contribution in [0.4, 0.5) is 20.1 Å². The van der Waals surface area contributed by atoms with Gasteiger partial charge in [-0.25, -0.2) is 4.39 Å². The summed E-state index contributed by atoms with van der Waals surface area (Å²) in [7, 11) is 0. The molecule has 0 aliphatic rings. The Morgan fingerprint density at radius 3 is 1.82 bits per heavy atom. The second-order valence-electron chi connectivity index (χ2n) is 6.79. The summed E-state index contributed by atoms with van der Waals surface area (Å²) in [5, 5.41) is 12.7. The summed E-state index contributed by atoms with van der Waals surface area (Å²) in [4.78, 5) is 2.30. The zero-order valence-corrected chi connectivity index (χ0v) is 16.4. The number of rotatable bonds is 3. The van der Waals surface area contributed by atoms with Gasteiger partial charge in [-0.2, -0.15) is 0 Å². The van der Waals surface area contributed by atoms with Crippen molar-refractivity contribution in [3.05, 3.63) is 89.4 Å². The molecular formula is C24H14FNS2. The van der Waals surface area contributed by atoms with E-state index in [1.165, 1.54) is 10.0 Å². The first kappa shape index (κ1) is 16.0. The highest BCUT2D eigenvalue weighted by molar-refractivity contribution is 7.16. The maximum atomic E-state index is 14.5. The van der Waals surface area contributed by atoms with Crippen molar-refractivity contribution in [3.63, 3.8) is 0 Å². The molecule has 2 aromatic heterocycles. The van der Waals surface area contributed by atoms with E-state index in [1.54, 1.807) is 28.7 Å². The van der Waals surface area contributed by atoms with Gasteiger partial charge in [0.25, 0.3) is 0 Å². The summed E-state index contributed by atoms with van der Waals surface area (Å²) in [6, 6.07) is 24.4. The van der Waals surface area contributed by atoms with Crippen molar-refractivity contribution in [1.29, 1.82) is 0 Å². The van der Waals surface area contributed by atoms with E-state index in [0.29, 0.717) is 5.39 Å². The van der Waals surface area contributed by atoms with E-state index in [4.69, 9.17) is 0 Å². The quantitative estimate of drug-likeness (QED) is 0.270. The standard InChI is InChI=1S/C24H14FNS2/c25-19-11-7-15-6-10-18-20(12-8-16-5-9-17(19)23(15)24(16)18)26(21-3-1-13-27-21)22-4-2-14-28-22/h1-14H. The maximum absolute atomic E-state index is 14.5. The van der Waals surface area contributed by atoms with Crippen molar-refractivity contribution in [3.8, 4) is 0 Å². The number of thiophene rings is 2. The average molecular weight is 400 g/mol. The summed E-state index contributed by atoms with van der Waals surface area (Å²) >= 11 is 3.44. The first-order valence-corrected chi connectivity index (χ1v) is 10.8. The van der Waals surface area contributed by atoms with Crippen LogP contribution in [-0.4, -0.2) is 0 Å². The fourth-order valence-electron chi connectivity index (χ4n) is 4.09. The van der Waals surface area contributed by atoms with Crippen molar-refractivity contribution in [2.75, 3.05) is 4.90 Å². The van der Waals surface area contributed by atoms with E-state index in [9.17, 15) is 4.39 Å². The van der Waals surface area contributed by atoms with Crippen molar-refractivity contribution in [2.24, 2.45) is 0 Å². The van der Waals surface area contributed by atoms with Gasteiger partial charge in [-0.3, -0.25) is 4.90 Å². The van der Waals surface area contributed by atoms with Crippen molar-refractivity contribution >= 4 is 70.7 Å². The summed E-state index contributed by atoms with van der Waals surface area (Å²) in [6.45, 7) is 0. The predicted molar refractivity (Wildman–Crippen MR) is 121 cm³/mol. The summed E-state index contributed by atoms with van der Waals surface area (Å²) < 4.78 is 14.5. The summed E-state index contributed by atoms with van der Waals surface area (Å²) in [5.41, 5.74) is 1.12. The van der Waals surface area contributed by atoms with Gasteiger partial charge in [0.1, 0.15) is 15.8 Å². The van der Waals surface area contributed by atoms with Crippen LogP contribution in [-0.2, 0) is 0 Å². The molecule has 134 valence electrons. The highest BCUT2D eigenvalue weighted by Crippen LogP contribution is 2.46. The molecule has 0 N–H and O–H groups in total. The van der Waals surface area contributed by atoms with Crippen LogP contribution in [0.1, 0.15) is 0 Å². The minimum absolute atomic E-state index is 0.166. The molecule has 2 heterocycles. The highest BCUT2D eigenvalue weighted by Gasteiger charge is 2.19. The molecule has 4 aromatic carbocycles. The zero-order chi connectivity index (χ0) is 18.7. The normalized spacial score (nSPS) is 11.8. The Labute approximate surface area is 169 Å². The van der Waals surface area contributed by atoms with Gasteiger partial charge in [-0.05, 0) is 63.3 Å². The molecule has 0 spiro atoms. The van der Waals surface area contributed by atoms with Crippen LogP contribution in [0.5, 0.6) is 0 Å². The first-order valence-electron chi connectivity index (χ1n) is 9.04. The molecule has 0 radical (unpaired) electrons. The number of hydrogen-bond donors (Lipinski definition) is 0. The predicted octanol–water partition coefficient (Wildman–Crippen LogP) is 8.32. The fraction of sp³-hybridized carbons (Fsp3) is 0. The Hall–Kier alpha value is -2.95. The Kier molecular flexibility index (Phi) is 3.45. The number of halogens is 1. The topological polar surface area (TPSA) is 3.24 Å². The van der Waals surface area contributed by atoms with Crippen LogP contribution < -0.4 is 4.90 Å². The van der Waals surface area contributed by atoms with Crippen LogP contribution in [0, 0.1) is 5.82 Å². The molecule has 0 saturated heterocycles. The van der Waals surface area contributed by atoms with Crippen LogP contribution in [0.15, 0.2) is 83.6 Å². The van der Waals surface area contributed by atoms with Crippen LogP contribution in [0.3, 0.4) is 0 Å². The van der Waals surface area contributed by atoms with E-state index in [2.05, 4.69) is 64.2 Å². The second kappa shape index (κ2) is 6.03. The highest BCUT2D eigenvalue weighted by atomic mass is 32.1. The molecule has 28 heavy (non-hydrogen) atoms. The molecule has 0 unspecified atom stereocenters. The Balaban J connectivity index is 1.75. The fourth-order valence-corrected chi connectivity index (χ4v) is 5.65. The van der Waals surface area contributed by atoms with Gasteiger partial charge in [0.05, 0.1) is 5.69 Å². The largest absolute Gasteiger partial charge is 0.292 e. The lowest BCUT2D eigenvalue weighted by atomic mass is 9.93. The second-order valence-corrected chi connectivity index (χ2v) is 8.64. The molecule has 0 amide bonds. The van der Waals surface area contributed by atoms with Crippen molar-refractivity contribution in [2.45, 2.75) is 0 Å². The molecule has 0 bridgehead atoms. The smallest absolute Gasteiger partial charge is 0.131 e. The monoisotopic (exact) mass is 399 g/mol. The lowest BCUT2D eigenvalue weighted by molar-refractivity contribution is 0.640. The van der Waals surface area contributed by atoms with Gasteiger partial charge in [0.2, 0.25) is 0 Å². The number of nitrogens with zero attached hydrogens (tertiary/aromatic N) is 1. The third-order valence-electron chi connectivity index (χ3n) is 5.28. The third-order valence-corrected chi connectivity index (χ3v) is 6.99. The molecule has 1 nitrogen and oxygen atoms in total. The van der Waals surface area contributed by atoms with Gasteiger partial charge in [-0.1, -0.05) is 36.4 Å².